The van der Waals surface area contributed by atoms with Gasteiger partial charge in [0, 0.05) is 25.5 Å². The van der Waals surface area contributed by atoms with Crippen LogP contribution in [0, 0.1) is 6.92 Å². The monoisotopic (exact) mass is 298 g/mol. The molecule has 3 rings (SSSR count). The predicted octanol–water partition coefficient (Wildman–Crippen LogP) is 2.39. The van der Waals surface area contributed by atoms with Gasteiger partial charge < -0.3 is 10.2 Å². The van der Waals surface area contributed by atoms with Gasteiger partial charge in [-0.2, -0.15) is 5.10 Å². The van der Waals surface area contributed by atoms with E-state index < -0.39 is 0 Å². The van der Waals surface area contributed by atoms with Crippen LogP contribution in [0.2, 0.25) is 0 Å². The number of hydrogen-bond acceptors (Lipinski definition) is 3. The van der Waals surface area contributed by atoms with Crippen LogP contribution in [0.15, 0.2) is 36.5 Å². The molecule has 0 bridgehead atoms. The second-order valence-corrected chi connectivity index (χ2v) is 5.88. The first-order valence-corrected chi connectivity index (χ1v) is 7.76. The third kappa shape index (κ3) is 3.04. The zero-order chi connectivity index (χ0) is 15.5. The molecule has 0 spiro atoms. The number of carbonyl (C=O) groups is 1. The minimum Gasteiger partial charge on any atom is -0.315 e. The number of aryl methyl sites for hydroxylation is 1. The maximum atomic E-state index is 12.6. The van der Waals surface area contributed by atoms with Gasteiger partial charge in [0.25, 0.3) is 5.91 Å². The molecule has 0 radical (unpaired) electrons. The Morgan fingerprint density at radius 1 is 1.32 bits per heavy atom. The fourth-order valence-electron chi connectivity index (χ4n) is 2.77. The Kier molecular flexibility index (Phi) is 4.24. The minimum absolute atomic E-state index is 0.0774. The SMILES string of the molecule is Cc1ccc(N(C)C(=O)c2ccn(C3CCCNC3)n2)cc1. The molecule has 5 heteroatoms. The molecular formula is C17H22N4O. The maximum absolute atomic E-state index is 12.6. The Hall–Kier alpha value is -2.14. The topological polar surface area (TPSA) is 50.2 Å². The van der Waals surface area contributed by atoms with Gasteiger partial charge in [-0.1, -0.05) is 17.7 Å². The molecule has 1 atom stereocenters. The second kappa shape index (κ2) is 6.32. The fourth-order valence-corrected chi connectivity index (χ4v) is 2.77. The Labute approximate surface area is 130 Å². The third-order valence-corrected chi connectivity index (χ3v) is 4.20. The zero-order valence-corrected chi connectivity index (χ0v) is 13.1. The van der Waals surface area contributed by atoms with Crippen molar-refractivity contribution in [3.8, 4) is 0 Å². The number of hydrogen-bond donors (Lipinski definition) is 1. The summed E-state index contributed by atoms with van der Waals surface area (Å²) in [4.78, 5) is 14.2. The molecule has 1 N–H and O–H groups in total. The summed E-state index contributed by atoms with van der Waals surface area (Å²) in [6, 6.07) is 10.1. The van der Waals surface area contributed by atoms with Crippen LogP contribution >= 0.6 is 0 Å². The smallest absolute Gasteiger partial charge is 0.278 e. The molecule has 1 amide bonds. The molecule has 2 aromatic rings. The lowest BCUT2D eigenvalue weighted by Crippen LogP contribution is -2.32. The average molecular weight is 298 g/mol. The van der Waals surface area contributed by atoms with Gasteiger partial charge in [-0.15, -0.1) is 0 Å². The highest BCUT2D eigenvalue weighted by molar-refractivity contribution is 6.04. The average Bonchev–Trinajstić information content (AvgIpc) is 3.05. The van der Waals surface area contributed by atoms with Crippen molar-refractivity contribution < 1.29 is 4.79 Å². The molecule has 22 heavy (non-hydrogen) atoms. The molecule has 1 aliphatic heterocycles. The number of piperidine rings is 1. The lowest BCUT2D eigenvalue weighted by molar-refractivity contribution is 0.0987. The first-order chi connectivity index (χ1) is 10.6. The van der Waals surface area contributed by atoms with E-state index in [4.69, 9.17) is 0 Å². The van der Waals surface area contributed by atoms with E-state index in [2.05, 4.69) is 10.4 Å². The first kappa shape index (κ1) is 14.8. The Bertz CT molecular complexity index is 641. The summed E-state index contributed by atoms with van der Waals surface area (Å²) in [7, 11) is 1.79. The highest BCUT2D eigenvalue weighted by atomic mass is 16.2. The number of nitrogens with zero attached hydrogens (tertiary/aromatic N) is 3. The minimum atomic E-state index is -0.0774. The van der Waals surface area contributed by atoms with E-state index in [1.54, 1.807) is 11.9 Å². The van der Waals surface area contributed by atoms with Crippen LogP contribution in [0.25, 0.3) is 0 Å². The molecule has 0 saturated carbocycles. The van der Waals surface area contributed by atoms with Gasteiger partial charge in [0.05, 0.1) is 6.04 Å². The van der Waals surface area contributed by atoms with Crippen LogP contribution in [0.1, 0.15) is 34.9 Å². The van der Waals surface area contributed by atoms with Crippen molar-refractivity contribution in [1.29, 1.82) is 0 Å². The van der Waals surface area contributed by atoms with Crippen molar-refractivity contribution >= 4 is 11.6 Å². The zero-order valence-electron chi connectivity index (χ0n) is 13.1. The number of rotatable bonds is 3. The second-order valence-electron chi connectivity index (χ2n) is 5.88. The molecular weight excluding hydrogens is 276 g/mol. The van der Waals surface area contributed by atoms with E-state index in [1.165, 1.54) is 5.56 Å². The van der Waals surface area contributed by atoms with Crippen molar-refractivity contribution in [2.75, 3.05) is 25.0 Å². The Morgan fingerprint density at radius 2 is 2.09 bits per heavy atom. The molecule has 1 aromatic heterocycles. The van der Waals surface area contributed by atoms with Gasteiger partial charge in [0.2, 0.25) is 0 Å². The molecule has 5 nitrogen and oxygen atoms in total. The number of benzene rings is 1. The van der Waals surface area contributed by atoms with Crippen molar-refractivity contribution in [1.82, 2.24) is 15.1 Å². The summed E-state index contributed by atoms with van der Waals surface area (Å²) in [5.74, 6) is -0.0774. The maximum Gasteiger partial charge on any atom is 0.278 e. The van der Waals surface area contributed by atoms with Crippen LogP contribution in [0.5, 0.6) is 0 Å². The highest BCUT2D eigenvalue weighted by Crippen LogP contribution is 2.18. The van der Waals surface area contributed by atoms with Crippen molar-refractivity contribution in [3.05, 3.63) is 47.8 Å². The highest BCUT2D eigenvalue weighted by Gasteiger charge is 2.20. The van der Waals surface area contributed by atoms with Gasteiger partial charge >= 0.3 is 0 Å². The quantitative estimate of drug-likeness (QED) is 0.946. The number of amides is 1. The molecule has 1 unspecified atom stereocenters. The summed E-state index contributed by atoms with van der Waals surface area (Å²) in [6.07, 6.45) is 4.17. The van der Waals surface area contributed by atoms with Gasteiger partial charge in [0.15, 0.2) is 5.69 Å². The van der Waals surface area contributed by atoms with Crippen molar-refractivity contribution in [2.45, 2.75) is 25.8 Å². The Morgan fingerprint density at radius 3 is 2.77 bits per heavy atom. The van der Waals surface area contributed by atoms with Crippen LogP contribution < -0.4 is 10.2 Å². The molecule has 2 heterocycles. The summed E-state index contributed by atoms with van der Waals surface area (Å²) in [5, 5.41) is 7.85. The molecule has 1 saturated heterocycles. The summed E-state index contributed by atoms with van der Waals surface area (Å²) < 4.78 is 1.92. The lowest BCUT2D eigenvalue weighted by Gasteiger charge is -2.23. The van der Waals surface area contributed by atoms with E-state index >= 15 is 0 Å². The summed E-state index contributed by atoms with van der Waals surface area (Å²) >= 11 is 0. The van der Waals surface area contributed by atoms with Gasteiger partial charge in [-0.25, -0.2) is 0 Å². The van der Waals surface area contributed by atoms with E-state index in [-0.39, 0.29) is 5.91 Å². The van der Waals surface area contributed by atoms with Crippen LogP contribution in [0.3, 0.4) is 0 Å². The van der Waals surface area contributed by atoms with Crippen LogP contribution in [-0.4, -0.2) is 35.8 Å². The van der Waals surface area contributed by atoms with Gasteiger partial charge in [-0.3, -0.25) is 9.48 Å². The molecule has 116 valence electrons. The van der Waals surface area contributed by atoms with E-state index in [1.807, 2.05) is 48.1 Å². The standard InChI is InChI=1S/C17H22N4O/c1-13-5-7-14(8-6-13)20(2)17(22)16-9-11-21(19-16)15-4-3-10-18-12-15/h5-9,11,15,18H,3-4,10,12H2,1-2H3. The van der Waals surface area contributed by atoms with Gasteiger partial charge in [0.1, 0.15) is 0 Å². The summed E-state index contributed by atoms with van der Waals surface area (Å²) in [6.45, 7) is 4.02. The van der Waals surface area contributed by atoms with Crippen molar-refractivity contribution in [3.63, 3.8) is 0 Å². The van der Waals surface area contributed by atoms with Gasteiger partial charge in [-0.05, 0) is 44.5 Å². The summed E-state index contributed by atoms with van der Waals surface area (Å²) in [5.41, 5.74) is 2.55. The molecule has 0 aliphatic carbocycles. The normalized spacial score (nSPS) is 18.2. The van der Waals surface area contributed by atoms with E-state index in [9.17, 15) is 4.79 Å². The largest absolute Gasteiger partial charge is 0.315 e. The number of aromatic nitrogens is 2. The molecule has 1 fully saturated rings. The van der Waals surface area contributed by atoms with Crippen LogP contribution in [-0.2, 0) is 0 Å². The fraction of sp³-hybridized carbons (Fsp3) is 0.412. The predicted molar refractivity (Wildman–Crippen MR) is 87.3 cm³/mol. The first-order valence-electron chi connectivity index (χ1n) is 7.76. The number of carbonyl (C=O) groups excluding carboxylic acids is 1. The number of nitrogens with one attached hydrogen (secondary N) is 1. The van der Waals surface area contributed by atoms with Crippen LogP contribution in [0.4, 0.5) is 5.69 Å². The molecule has 1 aromatic carbocycles. The van der Waals surface area contributed by atoms with E-state index in [0.29, 0.717) is 11.7 Å². The number of anilines is 1. The lowest BCUT2D eigenvalue weighted by atomic mass is 10.1. The third-order valence-electron chi connectivity index (χ3n) is 4.20. The van der Waals surface area contributed by atoms with Crippen molar-refractivity contribution in [2.24, 2.45) is 0 Å². The Balaban J connectivity index is 1.74. The molecule has 1 aliphatic rings. The van der Waals surface area contributed by atoms with E-state index in [0.717, 1.165) is 31.6 Å².